The summed E-state index contributed by atoms with van der Waals surface area (Å²) in [7, 11) is 1.26. The van der Waals surface area contributed by atoms with E-state index in [-0.39, 0.29) is 0 Å². The predicted molar refractivity (Wildman–Crippen MR) is 115 cm³/mol. The van der Waals surface area contributed by atoms with Gasteiger partial charge in [0.05, 0.1) is 0 Å². The molecule has 5 aromatic rings. The van der Waals surface area contributed by atoms with Crippen LogP contribution in [0.3, 0.4) is 0 Å². The minimum atomic E-state index is 1.20. The van der Waals surface area contributed by atoms with E-state index in [0.717, 1.165) is 0 Å². The first-order chi connectivity index (χ1) is 12.3. The summed E-state index contributed by atoms with van der Waals surface area (Å²) in [5, 5.41) is 10.7. The Labute approximate surface area is 150 Å². The second-order valence-electron chi connectivity index (χ2n) is 6.99. The van der Waals surface area contributed by atoms with Crippen molar-refractivity contribution in [2.45, 2.75) is 12.5 Å². The molecule has 0 aromatic heterocycles. The van der Waals surface area contributed by atoms with E-state index in [9.17, 15) is 0 Å². The molecule has 0 nitrogen and oxygen atoms in total. The second kappa shape index (κ2) is 5.71. The number of benzene rings is 5. The molecule has 0 saturated carbocycles. The first-order valence-electron chi connectivity index (χ1n) is 9.10. The molecule has 1 heteroatoms. The number of hydrogen-bond donors (Lipinski definition) is 0. The first kappa shape index (κ1) is 14.7. The topological polar surface area (TPSA) is 0 Å². The Morgan fingerprint density at radius 2 is 1.04 bits per heavy atom. The highest BCUT2D eigenvalue weighted by Crippen LogP contribution is 2.31. The van der Waals surface area contributed by atoms with E-state index in [2.05, 4.69) is 78.9 Å². The summed E-state index contributed by atoms with van der Waals surface area (Å²) in [5.74, 6) is 0. The Bertz CT molecular complexity index is 1250. The van der Waals surface area contributed by atoms with Gasteiger partial charge in [-0.2, -0.15) is 0 Å². The van der Waals surface area contributed by atoms with Crippen LogP contribution in [0.1, 0.15) is 5.56 Å². The van der Waals surface area contributed by atoms with Gasteiger partial charge in [-0.1, -0.05) is 48.5 Å². The molecule has 0 radical (unpaired) electrons. The molecule has 0 fully saturated rings. The Morgan fingerprint density at radius 1 is 0.520 bits per heavy atom. The standard InChI is InChI=1S/C24H20Si/c25-9-8-16-6-3-7-19-12-22-13-20-10-17-4-1-2-5-18(17)11-21(20)14-23(22)15-24(16)19/h1-7,10-15H,8-9H2,25H3. The Kier molecular flexibility index (Phi) is 3.35. The molecule has 0 aliphatic heterocycles. The van der Waals surface area contributed by atoms with E-state index < -0.39 is 0 Å². The van der Waals surface area contributed by atoms with Crippen LogP contribution in [0.5, 0.6) is 0 Å². The molecule has 5 aromatic carbocycles. The molecule has 25 heavy (non-hydrogen) atoms. The summed E-state index contributed by atoms with van der Waals surface area (Å²) in [4.78, 5) is 0. The lowest BCUT2D eigenvalue weighted by Crippen LogP contribution is -1.87. The molecule has 120 valence electrons. The summed E-state index contributed by atoms with van der Waals surface area (Å²) < 4.78 is 0. The van der Waals surface area contributed by atoms with Crippen LogP contribution in [-0.2, 0) is 6.42 Å². The van der Waals surface area contributed by atoms with Crippen molar-refractivity contribution in [3.05, 3.63) is 84.4 Å². The Hall–Kier alpha value is -2.64. The van der Waals surface area contributed by atoms with Crippen molar-refractivity contribution in [1.29, 1.82) is 0 Å². The quantitative estimate of drug-likeness (QED) is 0.290. The van der Waals surface area contributed by atoms with Crippen molar-refractivity contribution < 1.29 is 0 Å². The number of fused-ring (bicyclic) bond motifs is 4. The maximum atomic E-state index is 2.39. The minimum absolute atomic E-state index is 1.20. The molecule has 0 heterocycles. The zero-order chi connectivity index (χ0) is 16.8. The molecule has 5 rings (SSSR count). The molecule has 0 amide bonds. The summed E-state index contributed by atoms with van der Waals surface area (Å²) in [6.45, 7) is 0. The van der Waals surface area contributed by atoms with Crippen LogP contribution in [0, 0.1) is 0 Å². The van der Waals surface area contributed by atoms with Gasteiger partial charge in [-0.15, -0.1) is 0 Å². The van der Waals surface area contributed by atoms with E-state index >= 15 is 0 Å². The summed E-state index contributed by atoms with van der Waals surface area (Å²) in [6, 6.07) is 30.8. The van der Waals surface area contributed by atoms with E-state index in [0.29, 0.717) is 0 Å². The van der Waals surface area contributed by atoms with Gasteiger partial charge >= 0.3 is 0 Å². The van der Waals surface area contributed by atoms with Crippen molar-refractivity contribution in [2.24, 2.45) is 0 Å². The third-order valence-electron chi connectivity index (χ3n) is 5.27. The zero-order valence-corrected chi connectivity index (χ0v) is 16.4. The average molecular weight is 337 g/mol. The van der Waals surface area contributed by atoms with E-state index in [1.54, 1.807) is 0 Å². The van der Waals surface area contributed by atoms with Gasteiger partial charge in [-0.25, -0.2) is 0 Å². The van der Waals surface area contributed by atoms with Crippen LogP contribution in [0.4, 0.5) is 0 Å². The normalized spacial score (nSPS) is 11.8. The summed E-state index contributed by atoms with van der Waals surface area (Å²) >= 11 is 0. The first-order valence-corrected chi connectivity index (χ1v) is 10.5. The highest BCUT2D eigenvalue weighted by Gasteiger charge is 2.05. The summed E-state index contributed by atoms with van der Waals surface area (Å²) in [6.07, 6.45) is 1.20. The molecule has 0 aliphatic rings. The lowest BCUT2D eigenvalue weighted by atomic mass is 9.95. The highest BCUT2D eigenvalue weighted by atomic mass is 28.1. The molecule has 0 N–H and O–H groups in total. The fourth-order valence-corrected chi connectivity index (χ4v) is 4.56. The fraction of sp³-hybridized carbons (Fsp3) is 0.0833. The fourth-order valence-electron chi connectivity index (χ4n) is 4.02. The van der Waals surface area contributed by atoms with E-state index in [1.165, 1.54) is 71.4 Å². The molecular formula is C24H20Si. The number of aryl methyl sites for hydroxylation is 1. The lowest BCUT2D eigenvalue weighted by Gasteiger charge is -2.09. The highest BCUT2D eigenvalue weighted by molar-refractivity contribution is 6.10. The van der Waals surface area contributed by atoms with Crippen LogP contribution in [0.25, 0.3) is 43.1 Å². The molecule has 0 spiro atoms. The van der Waals surface area contributed by atoms with Gasteiger partial charge in [0.25, 0.3) is 0 Å². The third kappa shape index (κ3) is 2.43. The maximum absolute atomic E-state index is 2.39. The molecule has 0 atom stereocenters. The Morgan fingerprint density at radius 3 is 1.68 bits per heavy atom. The van der Waals surface area contributed by atoms with Gasteiger partial charge in [0.15, 0.2) is 0 Å². The maximum Gasteiger partial charge on any atom is 0.00321 e. The van der Waals surface area contributed by atoms with Gasteiger partial charge in [0.2, 0.25) is 0 Å². The number of rotatable bonds is 2. The third-order valence-corrected chi connectivity index (χ3v) is 5.77. The predicted octanol–water partition coefficient (Wildman–Crippen LogP) is 5.63. The van der Waals surface area contributed by atoms with Crippen molar-refractivity contribution in [2.75, 3.05) is 0 Å². The van der Waals surface area contributed by atoms with Crippen LogP contribution in [0.15, 0.2) is 78.9 Å². The zero-order valence-electron chi connectivity index (χ0n) is 14.4. The van der Waals surface area contributed by atoms with Crippen LogP contribution < -0.4 is 0 Å². The van der Waals surface area contributed by atoms with Gasteiger partial charge in [0, 0.05) is 10.2 Å². The average Bonchev–Trinajstić information content (AvgIpc) is 2.64. The van der Waals surface area contributed by atoms with Crippen LogP contribution in [-0.4, -0.2) is 10.2 Å². The SMILES string of the molecule is [SiH3]CCc1cccc2cc3cc4cc5ccccc5cc4cc3cc12. The number of hydrogen-bond acceptors (Lipinski definition) is 0. The van der Waals surface area contributed by atoms with Crippen LogP contribution >= 0.6 is 0 Å². The van der Waals surface area contributed by atoms with Crippen molar-refractivity contribution in [1.82, 2.24) is 0 Å². The lowest BCUT2D eigenvalue weighted by molar-refractivity contribution is 1.15. The summed E-state index contributed by atoms with van der Waals surface area (Å²) in [5.41, 5.74) is 1.49. The van der Waals surface area contributed by atoms with Crippen molar-refractivity contribution >= 4 is 53.3 Å². The van der Waals surface area contributed by atoms with Crippen molar-refractivity contribution in [3.63, 3.8) is 0 Å². The minimum Gasteiger partial charge on any atom is -0.0618 e. The Balaban J connectivity index is 1.85. The molecule has 0 unspecified atom stereocenters. The van der Waals surface area contributed by atoms with Crippen molar-refractivity contribution in [3.8, 4) is 0 Å². The molecule has 0 aliphatic carbocycles. The van der Waals surface area contributed by atoms with Gasteiger partial charge in [0.1, 0.15) is 0 Å². The van der Waals surface area contributed by atoms with E-state index in [1.807, 2.05) is 0 Å². The van der Waals surface area contributed by atoms with Gasteiger partial charge in [-0.05, 0) is 91.5 Å². The van der Waals surface area contributed by atoms with Crippen LogP contribution in [0.2, 0.25) is 6.04 Å². The molecule has 0 saturated heterocycles. The molecular weight excluding hydrogens is 316 g/mol. The smallest absolute Gasteiger partial charge is 0.00321 e. The molecule has 0 bridgehead atoms. The van der Waals surface area contributed by atoms with Gasteiger partial charge in [-0.3, -0.25) is 0 Å². The van der Waals surface area contributed by atoms with Gasteiger partial charge < -0.3 is 0 Å². The largest absolute Gasteiger partial charge is 0.0618 e. The van der Waals surface area contributed by atoms with E-state index in [4.69, 9.17) is 0 Å². The monoisotopic (exact) mass is 336 g/mol. The second-order valence-corrected chi connectivity index (χ2v) is 7.99.